The third-order valence-electron chi connectivity index (χ3n) is 4.47. The van der Waals surface area contributed by atoms with E-state index in [1.807, 2.05) is 27.7 Å². The van der Waals surface area contributed by atoms with Gasteiger partial charge in [-0.05, 0) is 68.4 Å². The van der Waals surface area contributed by atoms with Crippen LogP contribution in [0.4, 0.5) is 0 Å². The molecule has 0 bridgehead atoms. The van der Waals surface area contributed by atoms with E-state index in [2.05, 4.69) is 26.1 Å². The highest BCUT2D eigenvalue weighted by Gasteiger charge is 2.19. The molecule has 112 valence electrons. The number of carbonyl (C=O) groups is 1. The van der Waals surface area contributed by atoms with Crippen molar-refractivity contribution in [2.45, 2.75) is 54.6 Å². The Kier molecular flexibility index (Phi) is 5.35. The summed E-state index contributed by atoms with van der Waals surface area (Å²) in [5, 5.41) is 12.6. The summed E-state index contributed by atoms with van der Waals surface area (Å²) in [5.74, 6) is 0.0462. The van der Waals surface area contributed by atoms with E-state index in [1.54, 1.807) is 0 Å². The van der Waals surface area contributed by atoms with Crippen LogP contribution in [0.1, 0.15) is 52.0 Å². The SMILES string of the molecule is Cc1c(C)c(C)c(C(=O)NCC(O)C(C)C)c(C)c1C. The van der Waals surface area contributed by atoms with Crippen molar-refractivity contribution in [1.82, 2.24) is 5.32 Å². The number of benzene rings is 1. The Morgan fingerprint density at radius 2 is 1.35 bits per heavy atom. The Hall–Kier alpha value is -1.35. The van der Waals surface area contributed by atoms with E-state index in [4.69, 9.17) is 0 Å². The molecule has 0 radical (unpaired) electrons. The number of carbonyl (C=O) groups excluding carboxylic acids is 1. The number of aliphatic hydroxyl groups is 1. The summed E-state index contributed by atoms with van der Waals surface area (Å²) in [5.41, 5.74) is 6.40. The van der Waals surface area contributed by atoms with Gasteiger partial charge in [0.05, 0.1) is 6.10 Å². The van der Waals surface area contributed by atoms with Crippen molar-refractivity contribution in [2.75, 3.05) is 6.54 Å². The first kappa shape index (κ1) is 16.7. The van der Waals surface area contributed by atoms with Gasteiger partial charge in [-0.1, -0.05) is 13.8 Å². The highest BCUT2D eigenvalue weighted by molar-refractivity contribution is 5.98. The van der Waals surface area contributed by atoms with Crippen LogP contribution in [0.2, 0.25) is 0 Å². The van der Waals surface area contributed by atoms with Crippen LogP contribution in [0, 0.1) is 40.5 Å². The maximum Gasteiger partial charge on any atom is 0.251 e. The van der Waals surface area contributed by atoms with Crippen LogP contribution in [0.5, 0.6) is 0 Å². The molecule has 0 spiro atoms. The molecule has 0 saturated heterocycles. The molecule has 0 heterocycles. The largest absolute Gasteiger partial charge is 0.391 e. The van der Waals surface area contributed by atoms with Gasteiger partial charge in [0.2, 0.25) is 0 Å². The Labute approximate surface area is 122 Å². The molecule has 20 heavy (non-hydrogen) atoms. The summed E-state index contributed by atoms with van der Waals surface area (Å²) in [6, 6.07) is 0. The lowest BCUT2D eigenvalue weighted by atomic mass is 9.89. The third kappa shape index (κ3) is 3.21. The molecule has 0 saturated carbocycles. The number of amides is 1. The fourth-order valence-corrected chi connectivity index (χ4v) is 2.36. The van der Waals surface area contributed by atoms with Crippen molar-refractivity contribution in [2.24, 2.45) is 5.92 Å². The van der Waals surface area contributed by atoms with E-state index in [1.165, 1.54) is 16.7 Å². The second kappa shape index (κ2) is 6.40. The molecular formula is C17H27NO2. The van der Waals surface area contributed by atoms with Gasteiger partial charge in [0.1, 0.15) is 0 Å². The molecule has 1 amide bonds. The maximum absolute atomic E-state index is 12.4. The first-order valence-corrected chi connectivity index (χ1v) is 7.21. The molecule has 3 nitrogen and oxygen atoms in total. The summed E-state index contributed by atoms with van der Waals surface area (Å²) in [4.78, 5) is 12.4. The predicted molar refractivity (Wildman–Crippen MR) is 83.3 cm³/mol. The summed E-state index contributed by atoms with van der Waals surface area (Å²) < 4.78 is 0. The van der Waals surface area contributed by atoms with Crippen LogP contribution < -0.4 is 5.32 Å². The van der Waals surface area contributed by atoms with Crippen molar-refractivity contribution < 1.29 is 9.90 Å². The molecule has 2 N–H and O–H groups in total. The summed E-state index contributed by atoms with van der Waals surface area (Å²) in [6.45, 7) is 14.3. The van der Waals surface area contributed by atoms with Gasteiger partial charge in [0, 0.05) is 12.1 Å². The summed E-state index contributed by atoms with van der Waals surface area (Å²) in [7, 11) is 0. The van der Waals surface area contributed by atoms with Crippen LogP contribution in [-0.2, 0) is 0 Å². The highest BCUT2D eigenvalue weighted by Crippen LogP contribution is 2.25. The van der Waals surface area contributed by atoms with Crippen molar-refractivity contribution in [3.63, 3.8) is 0 Å². The normalized spacial score (nSPS) is 12.7. The number of nitrogens with one attached hydrogen (secondary N) is 1. The number of hydrogen-bond donors (Lipinski definition) is 2. The van der Waals surface area contributed by atoms with E-state index < -0.39 is 6.10 Å². The van der Waals surface area contributed by atoms with Gasteiger partial charge in [-0.3, -0.25) is 4.79 Å². The number of hydrogen-bond acceptors (Lipinski definition) is 2. The lowest BCUT2D eigenvalue weighted by Crippen LogP contribution is -2.35. The van der Waals surface area contributed by atoms with Gasteiger partial charge in [-0.25, -0.2) is 0 Å². The minimum absolute atomic E-state index is 0.0918. The zero-order valence-electron chi connectivity index (χ0n) is 13.7. The van der Waals surface area contributed by atoms with E-state index in [9.17, 15) is 9.90 Å². The Morgan fingerprint density at radius 1 is 0.950 bits per heavy atom. The molecule has 0 fully saturated rings. The fraction of sp³-hybridized carbons (Fsp3) is 0.588. The molecule has 0 aromatic heterocycles. The fourth-order valence-electron chi connectivity index (χ4n) is 2.36. The van der Waals surface area contributed by atoms with Gasteiger partial charge in [-0.2, -0.15) is 0 Å². The van der Waals surface area contributed by atoms with Crippen LogP contribution in [0.15, 0.2) is 0 Å². The van der Waals surface area contributed by atoms with Gasteiger partial charge in [0.15, 0.2) is 0 Å². The average Bonchev–Trinajstić information content (AvgIpc) is 2.40. The van der Waals surface area contributed by atoms with E-state index >= 15 is 0 Å². The minimum Gasteiger partial charge on any atom is -0.391 e. The average molecular weight is 277 g/mol. The van der Waals surface area contributed by atoms with Crippen molar-refractivity contribution in [3.8, 4) is 0 Å². The number of rotatable bonds is 4. The van der Waals surface area contributed by atoms with Gasteiger partial charge in [-0.15, -0.1) is 0 Å². The lowest BCUT2D eigenvalue weighted by molar-refractivity contribution is 0.0870. The van der Waals surface area contributed by atoms with Crippen LogP contribution in [0.3, 0.4) is 0 Å². The zero-order chi connectivity index (χ0) is 15.6. The van der Waals surface area contributed by atoms with Crippen molar-refractivity contribution in [1.29, 1.82) is 0 Å². The van der Waals surface area contributed by atoms with E-state index in [0.717, 1.165) is 16.7 Å². The summed E-state index contributed by atoms with van der Waals surface area (Å²) in [6.07, 6.45) is -0.507. The molecule has 3 heteroatoms. The Morgan fingerprint density at radius 3 is 1.75 bits per heavy atom. The van der Waals surface area contributed by atoms with E-state index in [-0.39, 0.29) is 11.8 Å². The highest BCUT2D eigenvalue weighted by atomic mass is 16.3. The molecule has 1 atom stereocenters. The van der Waals surface area contributed by atoms with Crippen molar-refractivity contribution in [3.05, 3.63) is 33.4 Å². The second-order valence-corrected chi connectivity index (χ2v) is 6.02. The monoisotopic (exact) mass is 277 g/mol. The number of aliphatic hydroxyl groups excluding tert-OH is 1. The Bertz CT molecular complexity index is 489. The summed E-state index contributed by atoms with van der Waals surface area (Å²) >= 11 is 0. The molecule has 1 unspecified atom stereocenters. The first-order valence-electron chi connectivity index (χ1n) is 7.21. The van der Waals surface area contributed by atoms with Gasteiger partial charge in [0.25, 0.3) is 5.91 Å². The third-order valence-corrected chi connectivity index (χ3v) is 4.47. The molecule has 0 aliphatic carbocycles. The second-order valence-electron chi connectivity index (χ2n) is 6.02. The zero-order valence-corrected chi connectivity index (χ0v) is 13.7. The molecule has 1 aromatic rings. The topological polar surface area (TPSA) is 49.3 Å². The molecule has 0 aliphatic heterocycles. The Balaban J connectivity index is 3.06. The van der Waals surface area contributed by atoms with E-state index in [0.29, 0.717) is 6.54 Å². The van der Waals surface area contributed by atoms with Crippen LogP contribution in [0.25, 0.3) is 0 Å². The lowest BCUT2D eigenvalue weighted by Gasteiger charge is -2.20. The quantitative estimate of drug-likeness (QED) is 0.889. The minimum atomic E-state index is -0.507. The molecule has 1 aromatic carbocycles. The van der Waals surface area contributed by atoms with Gasteiger partial charge >= 0.3 is 0 Å². The molecular weight excluding hydrogens is 250 g/mol. The molecule has 1 rings (SSSR count). The van der Waals surface area contributed by atoms with Crippen LogP contribution >= 0.6 is 0 Å². The standard InChI is InChI=1S/C17H27NO2/c1-9(2)15(19)8-18-17(20)16-13(6)11(4)10(3)12(5)14(16)7/h9,15,19H,8H2,1-7H3,(H,18,20). The molecule has 0 aliphatic rings. The maximum atomic E-state index is 12.4. The first-order chi connectivity index (χ1) is 9.18. The van der Waals surface area contributed by atoms with Crippen molar-refractivity contribution >= 4 is 5.91 Å². The van der Waals surface area contributed by atoms with Gasteiger partial charge < -0.3 is 10.4 Å². The predicted octanol–water partition coefficient (Wildman–Crippen LogP) is 2.98. The van der Waals surface area contributed by atoms with Crippen LogP contribution in [-0.4, -0.2) is 23.7 Å². The smallest absolute Gasteiger partial charge is 0.251 e.